The van der Waals surface area contributed by atoms with Crippen molar-refractivity contribution in [3.63, 3.8) is 0 Å². The third kappa shape index (κ3) is 6.37. The van der Waals surface area contributed by atoms with Crippen molar-refractivity contribution in [2.24, 2.45) is 5.41 Å². The number of hydrogen-bond acceptors (Lipinski definition) is 7. The molecule has 9 nitrogen and oxygen atoms in total. The third-order valence-corrected chi connectivity index (χ3v) is 11.7. The second kappa shape index (κ2) is 13.7. The summed E-state index contributed by atoms with van der Waals surface area (Å²) in [7, 11) is 0. The number of ether oxygens (including phenoxy) is 1. The molecule has 10 heteroatoms. The number of benzene rings is 3. The summed E-state index contributed by atoms with van der Waals surface area (Å²) in [6, 6.07) is 24.8. The van der Waals surface area contributed by atoms with Gasteiger partial charge < -0.3 is 25.2 Å². The number of aromatic nitrogens is 1. The highest BCUT2D eigenvalue weighted by Crippen LogP contribution is 2.44. The van der Waals surface area contributed by atoms with Crippen LogP contribution < -0.4 is 20.4 Å². The van der Waals surface area contributed by atoms with E-state index in [2.05, 4.69) is 20.5 Å². The van der Waals surface area contributed by atoms with Crippen molar-refractivity contribution >= 4 is 51.3 Å². The van der Waals surface area contributed by atoms with Crippen LogP contribution >= 0.6 is 11.3 Å². The van der Waals surface area contributed by atoms with Crippen molar-refractivity contribution in [3.8, 4) is 10.4 Å². The van der Waals surface area contributed by atoms with Crippen LogP contribution in [0.4, 0.5) is 22.2 Å². The number of pyridine rings is 1. The normalized spacial score (nSPS) is 16.0. The van der Waals surface area contributed by atoms with Gasteiger partial charge in [0.2, 0.25) is 0 Å². The van der Waals surface area contributed by atoms with Gasteiger partial charge in [-0.2, -0.15) is 0 Å². The molecule has 5 heterocycles. The highest BCUT2D eigenvalue weighted by atomic mass is 32.1. The summed E-state index contributed by atoms with van der Waals surface area (Å²) in [5.41, 5.74) is 8.29. The van der Waals surface area contributed by atoms with Crippen LogP contribution in [0.15, 0.2) is 85.1 Å². The second-order valence-corrected chi connectivity index (χ2v) is 15.3. The first-order chi connectivity index (χ1) is 25.2. The first kappa shape index (κ1) is 33.8. The zero-order chi connectivity index (χ0) is 36.0. The number of nitrogens with one attached hydrogen (secondary N) is 2. The number of para-hydroxylation sites is 1. The lowest BCUT2D eigenvalue weighted by Gasteiger charge is -2.53. The number of aryl methyl sites for hydroxylation is 3. The van der Waals surface area contributed by atoms with Crippen molar-refractivity contribution in [2.45, 2.75) is 40.0 Å². The summed E-state index contributed by atoms with van der Waals surface area (Å²) < 4.78 is 5.57. The van der Waals surface area contributed by atoms with Gasteiger partial charge in [-0.15, -0.1) is 11.3 Å². The molecule has 0 aliphatic carbocycles. The van der Waals surface area contributed by atoms with Gasteiger partial charge in [-0.1, -0.05) is 36.4 Å². The molecule has 264 valence electrons. The summed E-state index contributed by atoms with van der Waals surface area (Å²) in [4.78, 5) is 50.7. The predicted molar refractivity (Wildman–Crippen MR) is 207 cm³/mol. The average Bonchev–Trinajstić information content (AvgIpc) is 3.46. The maximum atomic E-state index is 14.1. The number of nitrogens with zero attached hydrogens (tertiary/aromatic N) is 3. The molecule has 8 rings (SSSR count). The van der Waals surface area contributed by atoms with E-state index in [4.69, 9.17) is 4.74 Å². The Kier molecular flexibility index (Phi) is 8.89. The van der Waals surface area contributed by atoms with Crippen LogP contribution in [0.3, 0.4) is 0 Å². The molecule has 0 radical (unpaired) electrons. The minimum absolute atomic E-state index is 0.117. The minimum atomic E-state index is -0.226. The predicted octanol–water partition coefficient (Wildman–Crippen LogP) is 8.06. The molecule has 2 saturated heterocycles. The van der Waals surface area contributed by atoms with E-state index < -0.39 is 0 Å². The second-order valence-electron chi connectivity index (χ2n) is 14.3. The smallest absolute Gasteiger partial charge is 0.259 e. The molecule has 0 unspecified atom stereocenters. The third-order valence-electron chi connectivity index (χ3n) is 10.6. The standard InChI is InChI=1S/C42H41N5O4S/c1-26-21-33(38(43-23-26)46-24-42(25-46)16-19-51-20-17-42)39(48)44-31-13-11-29(12-14-31)41(50)47-18-15-30-22-35(52-37(30)32-9-4-5-10-34(32)47)45-40(49)36-27(2)7-6-8-28(36)3/h4-14,21-23H,15-20,24-25H2,1-3H3,(H,44,48)(H,45,49). The van der Waals surface area contributed by atoms with Gasteiger partial charge in [0.1, 0.15) is 5.82 Å². The summed E-state index contributed by atoms with van der Waals surface area (Å²) in [5.74, 6) is 0.244. The molecular weight excluding hydrogens is 671 g/mol. The van der Waals surface area contributed by atoms with Crippen LogP contribution in [0.5, 0.6) is 0 Å². The maximum Gasteiger partial charge on any atom is 0.259 e. The number of amides is 3. The molecule has 0 atom stereocenters. The fraction of sp³-hybridized carbons (Fsp3) is 0.286. The fourth-order valence-corrected chi connectivity index (χ4v) is 8.92. The molecule has 0 bridgehead atoms. The Morgan fingerprint density at radius 3 is 2.33 bits per heavy atom. The number of hydrogen-bond donors (Lipinski definition) is 2. The Morgan fingerprint density at radius 2 is 1.58 bits per heavy atom. The van der Waals surface area contributed by atoms with E-state index in [9.17, 15) is 14.4 Å². The highest BCUT2D eigenvalue weighted by Gasteiger charge is 2.45. The van der Waals surface area contributed by atoms with Crippen LogP contribution in [0, 0.1) is 26.2 Å². The molecule has 52 heavy (non-hydrogen) atoms. The summed E-state index contributed by atoms with van der Waals surface area (Å²) in [6.45, 7) is 9.65. The van der Waals surface area contributed by atoms with Gasteiger partial charge in [0.25, 0.3) is 17.7 Å². The Labute approximate surface area is 307 Å². The van der Waals surface area contributed by atoms with Crippen molar-refractivity contribution in [1.29, 1.82) is 0 Å². The molecule has 5 aromatic rings. The SMILES string of the molecule is Cc1cnc(N2CC3(CCOCC3)C2)c(C(=O)Nc2ccc(C(=O)N3CCc4cc(NC(=O)c5c(C)cccc5C)sc4-c4ccccc43)cc2)c1. The van der Waals surface area contributed by atoms with Crippen LogP contribution in [-0.2, 0) is 11.2 Å². The van der Waals surface area contributed by atoms with Gasteiger partial charge in [-0.05, 0) is 105 Å². The summed E-state index contributed by atoms with van der Waals surface area (Å²) in [6.07, 6.45) is 4.52. The van der Waals surface area contributed by atoms with Gasteiger partial charge in [0, 0.05) is 71.7 Å². The van der Waals surface area contributed by atoms with Crippen molar-refractivity contribution in [3.05, 3.63) is 124 Å². The van der Waals surface area contributed by atoms with E-state index in [1.165, 1.54) is 11.3 Å². The van der Waals surface area contributed by atoms with E-state index >= 15 is 0 Å². The Morgan fingerprint density at radius 1 is 0.846 bits per heavy atom. The fourth-order valence-electron chi connectivity index (χ4n) is 7.78. The number of anilines is 4. The van der Waals surface area contributed by atoms with Crippen LogP contribution in [-0.4, -0.2) is 55.6 Å². The first-order valence-electron chi connectivity index (χ1n) is 17.8. The first-order valence-corrected chi connectivity index (χ1v) is 18.6. The number of rotatable bonds is 6. The largest absolute Gasteiger partial charge is 0.381 e. The lowest BCUT2D eigenvalue weighted by Crippen LogP contribution is -2.59. The van der Waals surface area contributed by atoms with Crippen LogP contribution in [0.2, 0.25) is 0 Å². The number of carbonyl (C=O) groups excluding carboxylic acids is 3. The number of fused-ring (bicyclic) bond motifs is 3. The van der Waals surface area contributed by atoms with E-state index in [1.807, 2.05) is 86.5 Å². The Hall–Kier alpha value is -5.32. The topological polar surface area (TPSA) is 104 Å². The number of thiophene rings is 1. The maximum absolute atomic E-state index is 14.1. The molecule has 3 aliphatic rings. The molecular formula is C42H41N5O4S. The van der Waals surface area contributed by atoms with Gasteiger partial charge in [-0.3, -0.25) is 14.4 Å². The van der Waals surface area contributed by atoms with E-state index in [1.54, 1.807) is 24.3 Å². The van der Waals surface area contributed by atoms with Crippen molar-refractivity contribution < 1.29 is 19.1 Å². The molecule has 3 aromatic carbocycles. The Balaban J connectivity index is 0.973. The minimum Gasteiger partial charge on any atom is -0.381 e. The van der Waals surface area contributed by atoms with Crippen molar-refractivity contribution in [1.82, 2.24) is 4.98 Å². The lowest BCUT2D eigenvalue weighted by atomic mass is 9.73. The zero-order valence-electron chi connectivity index (χ0n) is 29.6. The van der Waals surface area contributed by atoms with Gasteiger partial charge in [-0.25, -0.2) is 4.98 Å². The molecule has 0 saturated carbocycles. The lowest BCUT2D eigenvalue weighted by molar-refractivity contribution is -0.000511. The van der Waals surface area contributed by atoms with Gasteiger partial charge in [0.15, 0.2) is 0 Å². The zero-order valence-corrected chi connectivity index (χ0v) is 30.4. The summed E-state index contributed by atoms with van der Waals surface area (Å²) in [5, 5.41) is 6.95. The molecule has 1 spiro atoms. The molecule has 3 amide bonds. The van der Waals surface area contributed by atoms with Gasteiger partial charge >= 0.3 is 0 Å². The number of carbonyl (C=O) groups is 3. The molecule has 2 N–H and O–H groups in total. The van der Waals surface area contributed by atoms with E-state index in [0.717, 1.165) is 82.5 Å². The van der Waals surface area contributed by atoms with Crippen molar-refractivity contribution in [2.75, 3.05) is 53.3 Å². The average molecular weight is 712 g/mol. The van der Waals surface area contributed by atoms with Crippen LogP contribution in [0.1, 0.15) is 66.2 Å². The summed E-state index contributed by atoms with van der Waals surface area (Å²) >= 11 is 1.53. The van der Waals surface area contributed by atoms with Gasteiger partial charge in [0.05, 0.1) is 16.3 Å². The highest BCUT2D eigenvalue weighted by molar-refractivity contribution is 7.19. The Bertz CT molecular complexity index is 2180. The molecule has 2 aromatic heterocycles. The van der Waals surface area contributed by atoms with E-state index in [-0.39, 0.29) is 23.1 Å². The van der Waals surface area contributed by atoms with E-state index in [0.29, 0.717) is 41.2 Å². The monoisotopic (exact) mass is 711 g/mol. The molecule has 2 fully saturated rings. The molecule has 3 aliphatic heterocycles. The quantitative estimate of drug-likeness (QED) is 0.185. The van der Waals surface area contributed by atoms with Crippen LogP contribution in [0.25, 0.3) is 10.4 Å².